The van der Waals surface area contributed by atoms with Gasteiger partial charge in [-0.3, -0.25) is 0 Å². The van der Waals surface area contributed by atoms with Crippen molar-refractivity contribution < 1.29 is 4.39 Å². The van der Waals surface area contributed by atoms with Crippen molar-refractivity contribution in [1.82, 2.24) is 19.4 Å². The van der Waals surface area contributed by atoms with E-state index in [4.69, 9.17) is 11.6 Å². The Morgan fingerprint density at radius 1 is 1.40 bits per heavy atom. The Hall–Kier alpha value is -1.99. The number of nitrogens with zero attached hydrogens (tertiary/aromatic N) is 4. The highest BCUT2D eigenvalue weighted by atomic mass is 35.5. The van der Waals surface area contributed by atoms with E-state index < -0.39 is 0 Å². The molecule has 0 amide bonds. The van der Waals surface area contributed by atoms with Gasteiger partial charge in [-0.15, -0.1) is 5.10 Å². The molecule has 1 N–H and O–H groups in total. The van der Waals surface area contributed by atoms with E-state index in [1.807, 2.05) is 0 Å². The second-order valence-electron chi connectivity index (χ2n) is 3.96. The molecule has 0 fully saturated rings. The summed E-state index contributed by atoms with van der Waals surface area (Å²) in [5, 5.41) is 11.1. The smallest absolute Gasteiger partial charge is 0.139 e. The lowest BCUT2D eigenvalue weighted by molar-refractivity contribution is 0.627. The number of aromatic nitrogens is 4. The van der Waals surface area contributed by atoms with E-state index in [2.05, 4.69) is 20.0 Å². The van der Waals surface area contributed by atoms with E-state index in [1.165, 1.54) is 12.1 Å². The molecule has 0 saturated heterocycles. The zero-order valence-corrected chi connectivity index (χ0v) is 11.7. The molecule has 8 heteroatoms. The SMILES string of the molecule is Fc1ccc(-n2cccn2)c(NCc2nnsc2Cl)c1. The van der Waals surface area contributed by atoms with Crippen molar-refractivity contribution in [2.24, 2.45) is 0 Å². The number of nitrogens with one attached hydrogen (secondary N) is 1. The number of hydrogen-bond donors (Lipinski definition) is 1. The van der Waals surface area contributed by atoms with Gasteiger partial charge in [0.05, 0.1) is 17.9 Å². The summed E-state index contributed by atoms with van der Waals surface area (Å²) < 4.78 is 19.3. The molecule has 20 heavy (non-hydrogen) atoms. The van der Waals surface area contributed by atoms with Gasteiger partial charge in [-0.05, 0) is 24.3 Å². The molecule has 0 aliphatic heterocycles. The lowest BCUT2D eigenvalue weighted by Crippen LogP contribution is -2.06. The summed E-state index contributed by atoms with van der Waals surface area (Å²) in [5.74, 6) is -0.328. The fraction of sp³-hybridized carbons (Fsp3) is 0.0833. The van der Waals surface area contributed by atoms with Crippen LogP contribution in [0.5, 0.6) is 0 Å². The molecule has 0 aliphatic carbocycles. The number of hydrogen-bond acceptors (Lipinski definition) is 5. The molecule has 0 saturated carbocycles. The molecule has 0 spiro atoms. The van der Waals surface area contributed by atoms with Gasteiger partial charge in [-0.2, -0.15) is 5.10 Å². The summed E-state index contributed by atoms with van der Waals surface area (Å²) in [6.07, 6.45) is 3.45. The maximum absolute atomic E-state index is 13.4. The van der Waals surface area contributed by atoms with Gasteiger partial charge in [-0.1, -0.05) is 16.1 Å². The summed E-state index contributed by atoms with van der Waals surface area (Å²) in [5.41, 5.74) is 1.99. The van der Waals surface area contributed by atoms with Gasteiger partial charge in [0, 0.05) is 23.9 Å². The number of anilines is 1. The Morgan fingerprint density at radius 3 is 3.00 bits per heavy atom. The maximum atomic E-state index is 13.4. The summed E-state index contributed by atoms with van der Waals surface area (Å²) in [6, 6.07) is 6.25. The number of benzene rings is 1. The monoisotopic (exact) mass is 309 g/mol. The van der Waals surface area contributed by atoms with Crippen LogP contribution >= 0.6 is 23.1 Å². The Bertz CT molecular complexity index is 712. The molecule has 2 heterocycles. The second-order valence-corrected chi connectivity index (χ2v) is 5.32. The zero-order chi connectivity index (χ0) is 13.9. The second kappa shape index (κ2) is 5.56. The molecule has 1 aromatic carbocycles. The van der Waals surface area contributed by atoms with E-state index in [9.17, 15) is 4.39 Å². The third kappa shape index (κ3) is 2.63. The van der Waals surface area contributed by atoms with Gasteiger partial charge in [0.15, 0.2) is 0 Å². The van der Waals surface area contributed by atoms with E-state index in [0.717, 1.165) is 17.2 Å². The largest absolute Gasteiger partial charge is 0.377 e. The van der Waals surface area contributed by atoms with E-state index in [-0.39, 0.29) is 5.82 Å². The Morgan fingerprint density at radius 2 is 2.30 bits per heavy atom. The van der Waals surface area contributed by atoms with Crippen molar-refractivity contribution in [1.29, 1.82) is 0 Å². The molecule has 102 valence electrons. The zero-order valence-electron chi connectivity index (χ0n) is 10.1. The standard InChI is InChI=1S/C12H9ClFN5S/c13-12-10(17-18-20-12)7-15-9-6-8(14)2-3-11(9)19-5-1-4-16-19/h1-6,15H,7H2. The van der Waals surface area contributed by atoms with Crippen molar-refractivity contribution in [3.05, 3.63) is 52.5 Å². The first kappa shape index (κ1) is 13.0. The Kier molecular flexibility index (Phi) is 3.62. The third-order valence-electron chi connectivity index (χ3n) is 2.67. The van der Waals surface area contributed by atoms with Crippen LogP contribution in [0.4, 0.5) is 10.1 Å². The van der Waals surface area contributed by atoms with Crippen LogP contribution in [0.25, 0.3) is 5.69 Å². The van der Waals surface area contributed by atoms with Crippen molar-refractivity contribution in [2.75, 3.05) is 5.32 Å². The minimum Gasteiger partial charge on any atom is -0.377 e. The minimum absolute atomic E-state index is 0.328. The first-order valence-electron chi connectivity index (χ1n) is 5.74. The van der Waals surface area contributed by atoms with Crippen LogP contribution in [0, 0.1) is 5.82 Å². The van der Waals surface area contributed by atoms with E-state index >= 15 is 0 Å². The van der Waals surface area contributed by atoms with Crippen molar-refractivity contribution in [3.8, 4) is 5.69 Å². The average Bonchev–Trinajstić information content (AvgIpc) is 3.08. The quantitative estimate of drug-likeness (QED) is 0.804. The van der Waals surface area contributed by atoms with Crippen LogP contribution in [0.2, 0.25) is 4.34 Å². The predicted octanol–water partition coefficient (Wildman–Crippen LogP) is 3.13. The topological polar surface area (TPSA) is 55.6 Å². The van der Waals surface area contributed by atoms with E-state index in [0.29, 0.717) is 22.3 Å². The molecule has 0 bridgehead atoms. The molecule has 0 unspecified atom stereocenters. The fourth-order valence-corrected chi connectivity index (χ4v) is 2.37. The highest BCUT2D eigenvalue weighted by Crippen LogP contribution is 2.23. The normalized spacial score (nSPS) is 10.7. The van der Waals surface area contributed by atoms with Crippen molar-refractivity contribution in [3.63, 3.8) is 0 Å². The van der Waals surface area contributed by atoms with Gasteiger partial charge in [0.1, 0.15) is 15.8 Å². The van der Waals surface area contributed by atoms with Gasteiger partial charge >= 0.3 is 0 Å². The first-order valence-corrected chi connectivity index (χ1v) is 6.89. The molecule has 0 aliphatic rings. The summed E-state index contributed by atoms with van der Waals surface area (Å²) in [6.45, 7) is 0.368. The fourth-order valence-electron chi connectivity index (χ4n) is 1.74. The molecule has 3 aromatic rings. The summed E-state index contributed by atoms with van der Waals surface area (Å²) in [7, 11) is 0. The van der Waals surface area contributed by atoms with Crippen LogP contribution < -0.4 is 5.32 Å². The predicted molar refractivity (Wildman–Crippen MR) is 75.8 cm³/mol. The Labute approximate surface area is 123 Å². The molecular weight excluding hydrogens is 301 g/mol. The molecule has 3 rings (SSSR count). The molecule has 0 atom stereocenters. The van der Waals surface area contributed by atoms with E-state index in [1.54, 1.807) is 29.2 Å². The van der Waals surface area contributed by atoms with Gasteiger partial charge in [-0.25, -0.2) is 9.07 Å². The molecule has 5 nitrogen and oxygen atoms in total. The van der Waals surface area contributed by atoms with Crippen molar-refractivity contribution in [2.45, 2.75) is 6.54 Å². The molecule has 2 aromatic heterocycles. The minimum atomic E-state index is -0.328. The van der Waals surface area contributed by atoms with Crippen molar-refractivity contribution >= 4 is 28.8 Å². The van der Waals surface area contributed by atoms with Crippen LogP contribution in [0.15, 0.2) is 36.7 Å². The molecular formula is C12H9ClFN5S. The van der Waals surface area contributed by atoms with Crippen LogP contribution in [-0.4, -0.2) is 19.4 Å². The van der Waals surface area contributed by atoms with Gasteiger partial charge in [0.25, 0.3) is 0 Å². The molecule has 0 radical (unpaired) electrons. The Balaban J connectivity index is 1.88. The lowest BCUT2D eigenvalue weighted by Gasteiger charge is -2.11. The lowest BCUT2D eigenvalue weighted by atomic mass is 10.2. The average molecular weight is 310 g/mol. The summed E-state index contributed by atoms with van der Waals surface area (Å²) >= 11 is 7.06. The highest BCUT2D eigenvalue weighted by Gasteiger charge is 2.09. The van der Waals surface area contributed by atoms with Crippen LogP contribution in [0.3, 0.4) is 0 Å². The highest BCUT2D eigenvalue weighted by molar-refractivity contribution is 7.10. The van der Waals surface area contributed by atoms with Crippen LogP contribution in [0.1, 0.15) is 5.69 Å². The number of rotatable bonds is 4. The summed E-state index contributed by atoms with van der Waals surface area (Å²) in [4.78, 5) is 0. The first-order chi connectivity index (χ1) is 9.74. The van der Waals surface area contributed by atoms with Crippen LogP contribution in [-0.2, 0) is 6.54 Å². The van der Waals surface area contributed by atoms with Gasteiger partial charge in [0.2, 0.25) is 0 Å². The van der Waals surface area contributed by atoms with Gasteiger partial charge < -0.3 is 5.32 Å². The number of halogens is 2. The maximum Gasteiger partial charge on any atom is 0.139 e. The third-order valence-corrected chi connectivity index (χ3v) is 3.65.